The van der Waals surface area contributed by atoms with Gasteiger partial charge in [-0.25, -0.2) is 0 Å². The molecule has 0 atom stereocenters. The minimum Gasteiger partial charge on any atom is -0.318 e. The monoisotopic (exact) mass is 308 g/mol. The lowest BCUT2D eigenvalue weighted by Crippen LogP contribution is -2.21. The van der Waals surface area contributed by atoms with E-state index in [0.717, 1.165) is 13.0 Å². The molecule has 0 amide bonds. The fraction of sp³-hybridized carbons (Fsp3) is 0.429. The number of likely N-dealkylation sites (tertiary alicyclic amines) is 1. The minimum atomic E-state index is 1.000. The maximum absolute atomic E-state index is 4.38. The molecule has 2 nitrogen and oxygen atoms in total. The van der Waals surface area contributed by atoms with E-state index in [-0.39, 0.29) is 0 Å². The Morgan fingerprint density at radius 3 is 2.52 bits per heavy atom. The lowest BCUT2D eigenvalue weighted by molar-refractivity contribution is 0.383. The van der Waals surface area contributed by atoms with Crippen LogP contribution in [0.15, 0.2) is 36.9 Å². The lowest BCUT2D eigenvalue weighted by atomic mass is 10.1. The summed E-state index contributed by atoms with van der Waals surface area (Å²) in [6, 6.07) is 11.0. The van der Waals surface area contributed by atoms with Gasteiger partial charge in [-0.2, -0.15) is 0 Å². The van der Waals surface area contributed by atoms with E-state index < -0.39 is 0 Å². The molecule has 3 rings (SSSR count). The highest BCUT2D eigenvalue weighted by molar-refractivity contribution is 5.69. The molecule has 0 aliphatic carbocycles. The molecule has 0 unspecified atom stereocenters. The molecule has 122 valence electrons. The summed E-state index contributed by atoms with van der Waals surface area (Å²) < 4.78 is 2.39. The van der Waals surface area contributed by atoms with Crippen molar-refractivity contribution in [1.29, 1.82) is 0 Å². The maximum atomic E-state index is 4.38. The van der Waals surface area contributed by atoms with Crippen LogP contribution in [0.2, 0.25) is 0 Å². The Labute approximate surface area is 140 Å². The van der Waals surface area contributed by atoms with Gasteiger partial charge in [0, 0.05) is 23.6 Å². The second-order valence-corrected chi connectivity index (χ2v) is 6.69. The van der Waals surface area contributed by atoms with Crippen molar-refractivity contribution in [2.24, 2.45) is 0 Å². The first-order valence-electron chi connectivity index (χ1n) is 8.79. The van der Waals surface area contributed by atoms with Crippen LogP contribution in [0, 0.1) is 13.8 Å². The largest absolute Gasteiger partial charge is 0.318 e. The summed E-state index contributed by atoms with van der Waals surface area (Å²) in [6.07, 6.45) is 3.71. The molecule has 23 heavy (non-hydrogen) atoms. The molecule has 0 spiro atoms. The van der Waals surface area contributed by atoms with Gasteiger partial charge in [-0.3, -0.25) is 4.90 Å². The molecule has 1 aliphatic heterocycles. The first-order chi connectivity index (χ1) is 11.1. The Morgan fingerprint density at radius 2 is 1.83 bits per heavy atom. The maximum Gasteiger partial charge on any atom is 0.0487 e. The topological polar surface area (TPSA) is 8.17 Å². The molecule has 1 saturated heterocycles. The minimum absolute atomic E-state index is 1.000. The van der Waals surface area contributed by atoms with Gasteiger partial charge >= 0.3 is 0 Å². The number of aromatic nitrogens is 1. The van der Waals surface area contributed by atoms with E-state index in [1.54, 1.807) is 0 Å². The average molecular weight is 308 g/mol. The molecule has 0 radical (unpaired) electrons. The third-order valence-electron chi connectivity index (χ3n) is 5.04. The molecule has 1 aromatic heterocycles. The van der Waals surface area contributed by atoms with Crippen molar-refractivity contribution < 1.29 is 0 Å². The summed E-state index contributed by atoms with van der Waals surface area (Å²) in [5, 5.41) is 0. The molecular weight excluding hydrogens is 280 g/mol. The normalized spacial score (nSPS) is 15.3. The standard InChI is InChI=1S/C21H28N2/c1-5-19-10-6-7-11-21(19)23-17(3)14-20(18(23)4)16(2)15-22-12-8-9-13-22/h6-7,10-11,14H,2,5,8-9,12-13,15H2,1,3-4H3. The molecule has 2 heterocycles. The highest BCUT2D eigenvalue weighted by Gasteiger charge is 2.18. The SMILES string of the molecule is C=C(CN1CCCC1)c1cc(C)n(-c2ccccc2CC)c1C. The van der Waals surface area contributed by atoms with Crippen molar-refractivity contribution in [3.8, 4) is 5.69 Å². The predicted molar refractivity (Wildman–Crippen MR) is 99.3 cm³/mol. The average Bonchev–Trinajstić information content (AvgIpc) is 3.15. The Balaban J connectivity index is 1.94. The highest BCUT2D eigenvalue weighted by atomic mass is 15.1. The van der Waals surface area contributed by atoms with Gasteiger partial charge in [0.2, 0.25) is 0 Å². The van der Waals surface area contributed by atoms with Crippen molar-refractivity contribution in [2.45, 2.75) is 40.0 Å². The van der Waals surface area contributed by atoms with Crippen LogP contribution in [0.4, 0.5) is 0 Å². The molecule has 0 bridgehead atoms. The predicted octanol–water partition coefficient (Wildman–Crippen LogP) is 4.77. The van der Waals surface area contributed by atoms with Gasteiger partial charge < -0.3 is 4.57 Å². The van der Waals surface area contributed by atoms with Crippen LogP contribution in [-0.4, -0.2) is 29.1 Å². The van der Waals surface area contributed by atoms with Gasteiger partial charge in [0.15, 0.2) is 0 Å². The summed E-state index contributed by atoms with van der Waals surface area (Å²) in [7, 11) is 0. The summed E-state index contributed by atoms with van der Waals surface area (Å²) >= 11 is 0. The van der Waals surface area contributed by atoms with Gasteiger partial charge in [0.1, 0.15) is 0 Å². The van der Waals surface area contributed by atoms with E-state index in [1.807, 2.05) is 0 Å². The van der Waals surface area contributed by atoms with Crippen molar-refractivity contribution in [1.82, 2.24) is 9.47 Å². The number of hydrogen-bond acceptors (Lipinski definition) is 1. The van der Waals surface area contributed by atoms with Crippen LogP contribution in [-0.2, 0) is 6.42 Å². The smallest absolute Gasteiger partial charge is 0.0487 e. The molecule has 1 aromatic carbocycles. The summed E-state index contributed by atoms with van der Waals surface area (Å²) in [6.45, 7) is 14.5. The molecule has 2 heteroatoms. The number of aryl methyl sites for hydroxylation is 2. The third kappa shape index (κ3) is 3.13. The van der Waals surface area contributed by atoms with Crippen LogP contribution in [0.3, 0.4) is 0 Å². The van der Waals surface area contributed by atoms with E-state index >= 15 is 0 Å². The zero-order chi connectivity index (χ0) is 16.4. The van der Waals surface area contributed by atoms with E-state index in [9.17, 15) is 0 Å². The zero-order valence-electron chi connectivity index (χ0n) is 14.7. The van der Waals surface area contributed by atoms with Crippen molar-refractivity contribution in [3.05, 3.63) is 59.4 Å². The van der Waals surface area contributed by atoms with E-state index in [0.29, 0.717) is 0 Å². The van der Waals surface area contributed by atoms with Gasteiger partial charge in [-0.15, -0.1) is 0 Å². The van der Waals surface area contributed by atoms with Crippen LogP contribution < -0.4 is 0 Å². The second kappa shape index (κ2) is 6.76. The number of para-hydroxylation sites is 1. The molecule has 0 saturated carbocycles. The first kappa shape index (κ1) is 16.1. The molecule has 2 aromatic rings. The fourth-order valence-corrected chi connectivity index (χ4v) is 3.82. The van der Waals surface area contributed by atoms with Crippen molar-refractivity contribution in [2.75, 3.05) is 19.6 Å². The van der Waals surface area contributed by atoms with Crippen molar-refractivity contribution >= 4 is 5.57 Å². The van der Waals surface area contributed by atoms with Crippen LogP contribution in [0.25, 0.3) is 11.3 Å². The molecular formula is C21H28N2. The quantitative estimate of drug-likeness (QED) is 0.772. The summed E-state index contributed by atoms with van der Waals surface area (Å²) in [5.74, 6) is 0. The van der Waals surface area contributed by atoms with E-state index in [1.165, 1.54) is 59.7 Å². The molecule has 1 aliphatic rings. The third-order valence-corrected chi connectivity index (χ3v) is 5.04. The number of rotatable bonds is 5. The number of nitrogens with zero attached hydrogens (tertiary/aromatic N) is 2. The Bertz CT molecular complexity index is 703. The number of benzene rings is 1. The second-order valence-electron chi connectivity index (χ2n) is 6.69. The van der Waals surface area contributed by atoms with Crippen LogP contribution in [0.5, 0.6) is 0 Å². The van der Waals surface area contributed by atoms with E-state index in [2.05, 4.69) is 67.1 Å². The van der Waals surface area contributed by atoms with Gasteiger partial charge in [-0.1, -0.05) is 31.7 Å². The molecule has 0 N–H and O–H groups in total. The van der Waals surface area contributed by atoms with Crippen LogP contribution >= 0.6 is 0 Å². The van der Waals surface area contributed by atoms with E-state index in [4.69, 9.17) is 0 Å². The summed E-state index contributed by atoms with van der Waals surface area (Å²) in [5.41, 5.74) is 7.88. The fourth-order valence-electron chi connectivity index (χ4n) is 3.82. The highest BCUT2D eigenvalue weighted by Crippen LogP contribution is 2.28. The molecule has 1 fully saturated rings. The van der Waals surface area contributed by atoms with Crippen LogP contribution in [0.1, 0.15) is 42.3 Å². The summed E-state index contributed by atoms with van der Waals surface area (Å²) in [4.78, 5) is 2.52. The Kier molecular flexibility index (Phi) is 4.72. The first-order valence-corrected chi connectivity index (χ1v) is 8.79. The van der Waals surface area contributed by atoms with Gasteiger partial charge in [0.25, 0.3) is 0 Å². The van der Waals surface area contributed by atoms with Gasteiger partial charge in [0.05, 0.1) is 0 Å². The van der Waals surface area contributed by atoms with Gasteiger partial charge in [-0.05, 0) is 75.0 Å². The number of hydrogen-bond donors (Lipinski definition) is 0. The van der Waals surface area contributed by atoms with Crippen molar-refractivity contribution in [3.63, 3.8) is 0 Å². The lowest BCUT2D eigenvalue weighted by Gasteiger charge is -2.17. The zero-order valence-corrected chi connectivity index (χ0v) is 14.7. The Hall–Kier alpha value is -1.80. The Morgan fingerprint density at radius 1 is 1.13 bits per heavy atom.